The van der Waals surface area contributed by atoms with Crippen molar-refractivity contribution in [2.24, 2.45) is 0 Å². The number of para-hydroxylation sites is 2. The second-order valence-corrected chi connectivity index (χ2v) is 9.98. The summed E-state index contributed by atoms with van der Waals surface area (Å²) in [5.41, 5.74) is 0.814. The van der Waals surface area contributed by atoms with Gasteiger partial charge in [0.25, 0.3) is 5.91 Å². The van der Waals surface area contributed by atoms with Crippen LogP contribution in [0.3, 0.4) is 0 Å². The number of nitrogens with one attached hydrogen (secondary N) is 2. The van der Waals surface area contributed by atoms with Crippen LogP contribution in [-0.2, 0) is 9.59 Å². The second-order valence-electron chi connectivity index (χ2n) is 9.98. The molecule has 0 aliphatic heterocycles. The van der Waals surface area contributed by atoms with Crippen molar-refractivity contribution in [1.29, 1.82) is 0 Å². The molecule has 0 radical (unpaired) electrons. The van der Waals surface area contributed by atoms with E-state index in [0.29, 0.717) is 22.6 Å². The Morgan fingerprint density at radius 2 is 1.62 bits per heavy atom. The molecule has 0 atom stereocenters. The molecule has 1 aromatic heterocycles. The van der Waals surface area contributed by atoms with Gasteiger partial charge in [0.05, 0.1) is 5.52 Å². The number of amides is 3. The Hall–Kier alpha value is -4.66. The largest absolute Gasteiger partial charge is 0.457 e. The number of likely N-dealkylation sites (N-methyl/N-ethyl adjacent to an activating group) is 1. The van der Waals surface area contributed by atoms with Gasteiger partial charge < -0.3 is 24.8 Å². The lowest BCUT2D eigenvalue weighted by atomic mass is 10.2. The quantitative estimate of drug-likeness (QED) is 0.289. The summed E-state index contributed by atoms with van der Waals surface area (Å²) in [5.74, 6) is -0.477. The SMILES string of the molecule is CN(C(=O)CN(CC(=O)Nc1ccc(Oc2ccccc2)cc1)C(=O)c1cc2cccc(F)c2[nH]1)C1CCCC1. The average molecular weight is 543 g/mol. The maximum Gasteiger partial charge on any atom is 0.271 e. The zero-order valence-electron chi connectivity index (χ0n) is 22.2. The Morgan fingerprint density at radius 3 is 2.33 bits per heavy atom. The van der Waals surface area contributed by atoms with E-state index >= 15 is 0 Å². The standard InChI is InChI=1S/C31H31FN4O4/c1-35(23-9-5-6-10-23)29(38)20-36(31(39)27-18-21-8-7-13-26(32)30(21)34-27)19-28(37)33-22-14-16-25(17-15-22)40-24-11-3-2-4-12-24/h2-4,7-8,11-18,23,34H,5-6,9-10,19-20H2,1H3,(H,33,37). The fourth-order valence-electron chi connectivity index (χ4n) is 4.98. The van der Waals surface area contributed by atoms with Crippen LogP contribution in [0, 0.1) is 5.82 Å². The molecule has 3 aromatic carbocycles. The monoisotopic (exact) mass is 542 g/mol. The van der Waals surface area contributed by atoms with Crippen LogP contribution in [0.2, 0.25) is 0 Å². The number of benzene rings is 3. The minimum absolute atomic E-state index is 0.103. The molecule has 0 bridgehead atoms. The van der Waals surface area contributed by atoms with Gasteiger partial charge >= 0.3 is 0 Å². The molecular weight excluding hydrogens is 511 g/mol. The molecule has 1 saturated carbocycles. The lowest BCUT2D eigenvalue weighted by molar-refractivity contribution is -0.132. The number of H-pyrrole nitrogens is 1. The third kappa shape index (κ3) is 6.31. The van der Waals surface area contributed by atoms with Crippen molar-refractivity contribution in [2.75, 3.05) is 25.5 Å². The number of fused-ring (bicyclic) bond motifs is 1. The number of carbonyl (C=O) groups excluding carboxylic acids is 3. The number of carbonyl (C=O) groups is 3. The van der Waals surface area contributed by atoms with Crippen LogP contribution in [0.4, 0.5) is 10.1 Å². The molecular formula is C31H31FN4O4. The van der Waals surface area contributed by atoms with Gasteiger partial charge in [-0.3, -0.25) is 14.4 Å². The molecule has 40 heavy (non-hydrogen) atoms. The van der Waals surface area contributed by atoms with Gasteiger partial charge in [0.15, 0.2) is 0 Å². The number of nitrogens with zero attached hydrogens (tertiary/aromatic N) is 2. The molecule has 4 aromatic rings. The Morgan fingerprint density at radius 1 is 0.925 bits per heavy atom. The number of aromatic nitrogens is 1. The molecule has 1 fully saturated rings. The van der Waals surface area contributed by atoms with Crippen LogP contribution in [0.15, 0.2) is 78.9 Å². The molecule has 3 amide bonds. The molecule has 0 spiro atoms. The van der Waals surface area contributed by atoms with Crippen molar-refractivity contribution >= 4 is 34.3 Å². The van der Waals surface area contributed by atoms with Gasteiger partial charge in [0.2, 0.25) is 11.8 Å². The van der Waals surface area contributed by atoms with Gasteiger partial charge in [-0.25, -0.2) is 4.39 Å². The number of hydrogen-bond acceptors (Lipinski definition) is 4. The molecule has 1 aliphatic rings. The van der Waals surface area contributed by atoms with Gasteiger partial charge in [-0.1, -0.05) is 43.2 Å². The number of rotatable bonds is 9. The maximum absolute atomic E-state index is 14.3. The molecule has 9 heteroatoms. The van der Waals surface area contributed by atoms with Crippen molar-refractivity contribution in [1.82, 2.24) is 14.8 Å². The molecule has 1 heterocycles. The van der Waals surface area contributed by atoms with Gasteiger partial charge in [0, 0.05) is 24.2 Å². The highest BCUT2D eigenvalue weighted by Gasteiger charge is 2.28. The van der Waals surface area contributed by atoms with Crippen LogP contribution >= 0.6 is 0 Å². The third-order valence-electron chi connectivity index (χ3n) is 7.17. The lowest BCUT2D eigenvalue weighted by Gasteiger charge is -2.28. The average Bonchev–Trinajstić information content (AvgIpc) is 3.65. The number of hydrogen-bond donors (Lipinski definition) is 2. The summed E-state index contributed by atoms with van der Waals surface area (Å²) in [6.07, 6.45) is 3.95. The summed E-state index contributed by atoms with van der Waals surface area (Å²) in [6, 6.07) is 22.4. The Balaban J connectivity index is 1.29. The van der Waals surface area contributed by atoms with E-state index in [-0.39, 0.29) is 36.2 Å². The van der Waals surface area contributed by atoms with Gasteiger partial charge in [-0.15, -0.1) is 0 Å². The Labute approximate surface area is 231 Å². The molecule has 0 saturated heterocycles. The van der Waals surface area contributed by atoms with Crippen molar-refractivity contribution in [3.63, 3.8) is 0 Å². The normalized spacial score (nSPS) is 13.2. The fraction of sp³-hybridized carbons (Fsp3) is 0.258. The fourth-order valence-corrected chi connectivity index (χ4v) is 4.98. The minimum Gasteiger partial charge on any atom is -0.457 e. The van der Waals surface area contributed by atoms with Gasteiger partial charge in [-0.05, 0) is 61.4 Å². The molecule has 1 aliphatic carbocycles. The zero-order chi connectivity index (χ0) is 28.1. The molecule has 206 valence electrons. The van der Waals surface area contributed by atoms with E-state index in [4.69, 9.17) is 4.74 Å². The van der Waals surface area contributed by atoms with E-state index in [1.807, 2.05) is 30.3 Å². The van der Waals surface area contributed by atoms with Crippen LogP contribution < -0.4 is 10.1 Å². The van der Waals surface area contributed by atoms with Gasteiger partial charge in [-0.2, -0.15) is 0 Å². The predicted molar refractivity (Wildman–Crippen MR) is 151 cm³/mol. The van der Waals surface area contributed by atoms with Crippen LogP contribution in [0.25, 0.3) is 10.9 Å². The Bertz CT molecular complexity index is 1500. The van der Waals surface area contributed by atoms with Crippen LogP contribution in [0.5, 0.6) is 11.5 Å². The summed E-state index contributed by atoms with van der Waals surface area (Å²) >= 11 is 0. The van der Waals surface area contributed by atoms with E-state index in [9.17, 15) is 18.8 Å². The van der Waals surface area contributed by atoms with E-state index < -0.39 is 17.6 Å². The van der Waals surface area contributed by atoms with Crippen molar-refractivity contribution in [2.45, 2.75) is 31.7 Å². The van der Waals surface area contributed by atoms with Crippen LogP contribution in [-0.4, -0.2) is 58.7 Å². The molecule has 0 unspecified atom stereocenters. The smallest absolute Gasteiger partial charge is 0.271 e. The highest BCUT2D eigenvalue weighted by Crippen LogP contribution is 2.24. The van der Waals surface area contributed by atoms with E-state index in [2.05, 4.69) is 10.3 Å². The summed E-state index contributed by atoms with van der Waals surface area (Å²) in [7, 11) is 1.73. The summed E-state index contributed by atoms with van der Waals surface area (Å²) in [5, 5.41) is 3.31. The van der Waals surface area contributed by atoms with E-state index in [1.165, 1.54) is 17.0 Å². The summed E-state index contributed by atoms with van der Waals surface area (Å²) in [6.45, 7) is -0.635. The molecule has 8 nitrogen and oxygen atoms in total. The highest BCUT2D eigenvalue weighted by atomic mass is 19.1. The summed E-state index contributed by atoms with van der Waals surface area (Å²) < 4.78 is 20.1. The minimum atomic E-state index is -0.564. The van der Waals surface area contributed by atoms with Gasteiger partial charge in [0.1, 0.15) is 36.1 Å². The first-order valence-electron chi connectivity index (χ1n) is 13.3. The third-order valence-corrected chi connectivity index (χ3v) is 7.17. The maximum atomic E-state index is 14.3. The molecule has 5 rings (SSSR count). The highest BCUT2D eigenvalue weighted by molar-refractivity contribution is 6.02. The van der Waals surface area contributed by atoms with Crippen LogP contribution in [0.1, 0.15) is 36.2 Å². The number of anilines is 1. The second kappa shape index (κ2) is 12.0. The lowest BCUT2D eigenvalue weighted by Crippen LogP contribution is -2.47. The number of ether oxygens (including phenoxy) is 1. The van der Waals surface area contributed by atoms with E-state index in [0.717, 1.165) is 25.7 Å². The first-order valence-corrected chi connectivity index (χ1v) is 13.3. The first kappa shape index (κ1) is 26.9. The topological polar surface area (TPSA) is 94.7 Å². The zero-order valence-corrected chi connectivity index (χ0v) is 22.2. The van der Waals surface area contributed by atoms with Crippen molar-refractivity contribution in [3.8, 4) is 11.5 Å². The van der Waals surface area contributed by atoms with Crippen molar-refractivity contribution < 1.29 is 23.5 Å². The summed E-state index contributed by atoms with van der Waals surface area (Å²) in [4.78, 5) is 45.4. The number of halogens is 1. The number of aromatic amines is 1. The molecule has 2 N–H and O–H groups in total. The predicted octanol–water partition coefficient (Wildman–Crippen LogP) is 5.58. The first-order chi connectivity index (χ1) is 19.4. The van der Waals surface area contributed by atoms with E-state index in [1.54, 1.807) is 48.3 Å². The van der Waals surface area contributed by atoms with Crippen molar-refractivity contribution in [3.05, 3.63) is 90.4 Å². The Kier molecular flexibility index (Phi) is 8.10.